The Morgan fingerprint density at radius 1 is 1.03 bits per heavy atom. The van der Waals surface area contributed by atoms with Crippen molar-refractivity contribution in [3.05, 3.63) is 83.8 Å². The lowest BCUT2D eigenvalue weighted by Crippen LogP contribution is -2.46. The van der Waals surface area contributed by atoms with Crippen LogP contribution in [0.2, 0.25) is 0 Å². The van der Waals surface area contributed by atoms with Crippen molar-refractivity contribution in [1.82, 2.24) is 10.2 Å². The molecule has 0 unspecified atom stereocenters. The molecule has 1 N–H and O–H groups in total. The molecule has 0 spiro atoms. The van der Waals surface area contributed by atoms with E-state index in [0.717, 1.165) is 9.79 Å². The van der Waals surface area contributed by atoms with E-state index >= 15 is 0 Å². The third-order valence-electron chi connectivity index (χ3n) is 5.24. The molecule has 2 amide bonds. The van der Waals surface area contributed by atoms with E-state index in [1.807, 2.05) is 36.4 Å². The Morgan fingerprint density at radius 3 is 2.45 bits per heavy atom. The first kappa shape index (κ1) is 20.8. The third kappa shape index (κ3) is 4.81. The van der Waals surface area contributed by atoms with E-state index in [1.54, 1.807) is 23.1 Å². The quantitative estimate of drug-likeness (QED) is 0.650. The second-order valence-electron chi connectivity index (χ2n) is 7.26. The van der Waals surface area contributed by atoms with E-state index in [1.165, 1.54) is 24.3 Å². The summed E-state index contributed by atoms with van der Waals surface area (Å²) in [5.74, 6) is -0.186. The maximum absolute atomic E-state index is 13.0. The molecule has 1 fully saturated rings. The number of benzene rings is 2. The van der Waals surface area contributed by atoms with E-state index < -0.39 is 0 Å². The maximum atomic E-state index is 13.0. The molecular formula is C24H21N3O3S. The SMILES string of the molecule is N#Cc1ccccc1Sc1ccccc1C(=O)NC1CCN(C(=O)c2ccoc2)CC1. The predicted octanol–water partition coefficient (Wildman–Crippen LogP) is 4.34. The fourth-order valence-corrected chi connectivity index (χ4v) is 4.59. The Bertz CT molecular complexity index is 1110. The summed E-state index contributed by atoms with van der Waals surface area (Å²) < 4.78 is 4.99. The number of amides is 2. The van der Waals surface area contributed by atoms with E-state index in [4.69, 9.17) is 4.42 Å². The second-order valence-corrected chi connectivity index (χ2v) is 8.34. The smallest absolute Gasteiger partial charge is 0.257 e. The maximum Gasteiger partial charge on any atom is 0.257 e. The van der Waals surface area contributed by atoms with Gasteiger partial charge in [-0.05, 0) is 43.2 Å². The van der Waals surface area contributed by atoms with Crippen molar-refractivity contribution in [2.45, 2.75) is 28.7 Å². The zero-order valence-electron chi connectivity index (χ0n) is 16.8. The molecule has 31 heavy (non-hydrogen) atoms. The lowest BCUT2D eigenvalue weighted by atomic mass is 10.0. The van der Waals surface area contributed by atoms with Crippen molar-refractivity contribution in [2.75, 3.05) is 13.1 Å². The molecule has 1 aliphatic rings. The van der Waals surface area contributed by atoms with Crippen molar-refractivity contribution < 1.29 is 14.0 Å². The summed E-state index contributed by atoms with van der Waals surface area (Å²) in [5.41, 5.74) is 1.71. The average Bonchev–Trinajstić information content (AvgIpc) is 3.35. The normalized spacial score (nSPS) is 14.1. The molecule has 3 aromatic rings. The van der Waals surface area contributed by atoms with Crippen LogP contribution in [-0.4, -0.2) is 35.8 Å². The van der Waals surface area contributed by atoms with Crippen LogP contribution in [0.1, 0.15) is 39.1 Å². The number of rotatable bonds is 5. The van der Waals surface area contributed by atoms with Crippen molar-refractivity contribution in [1.29, 1.82) is 5.26 Å². The number of carbonyl (C=O) groups is 2. The summed E-state index contributed by atoms with van der Waals surface area (Å²) in [6.07, 6.45) is 4.34. The molecule has 0 bridgehead atoms. The summed E-state index contributed by atoms with van der Waals surface area (Å²) in [7, 11) is 0. The predicted molar refractivity (Wildman–Crippen MR) is 117 cm³/mol. The molecule has 0 saturated carbocycles. The molecule has 4 rings (SSSR count). The first-order valence-electron chi connectivity index (χ1n) is 10.0. The zero-order valence-corrected chi connectivity index (χ0v) is 17.6. The highest BCUT2D eigenvalue weighted by molar-refractivity contribution is 7.99. The molecule has 1 aromatic heterocycles. The van der Waals surface area contributed by atoms with Crippen LogP contribution in [0.5, 0.6) is 0 Å². The first-order valence-corrected chi connectivity index (χ1v) is 10.9. The van der Waals surface area contributed by atoms with Crippen LogP contribution in [0.25, 0.3) is 0 Å². The first-order chi connectivity index (χ1) is 15.2. The highest BCUT2D eigenvalue weighted by Gasteiger charge is 2.26. The van der Waals surface area contributed by atoms with Crippen molar-refractivity contribution in [2.24, 2.45) is 0 Å². The van der Waals surface area contributed by atoms with Crippen molar-refractivity contribution in [3.8, 4) is 6.07 Å². The monoisotopic (exact) mass is 431 g/mol. The zero-order chi connectivity index (χ0) is 21.6. The highest BCUT2D eigenvalue weighted by Crippen LogP contribution is 2.32. The van der Waals surface area contributed by atoms with Crippen LogP contribution in [-0.2, 0) is 0 Å². The van der Waals surface area contributed by atoms with E-state index in [0.29, 0.717) is 42.6 Å². The summed E-state index contributed by atoms with van der Waals surface area (Å²) in [6.45, 7) is 1.17. The third-order valence-corrected chi connectivity index (χ3v) is 6.40. The molecule has 156 valence electrons. The van der Waals surface area contributed by atoms with Gasteiger partial charge in [-0.2, -0.15) is 5.26 Å². The topological polar surface area (TPSA) is 86.3 Å². The molecule has 1 saturated heterocycles. The number of likely N-dealkylation sites (tertiary alicyclic amines) is 1. The minimum absolute atomic E-state index is 0.00495. The van der Waals surface area contributed by atoms with Crippen LogP contribution >= 0.6 is 11.8 Å². The largest absolute Gasteiger partial charge is 0.472 e. The van der Waals surface area contributed by atoms with Gasteiger partial charge in [-0.25, -0.2) is 0 Å². The Morgan fingerprint density at radius 2 is 1.74 bits per heavy atom. The molecule has 2 aromatic carbocycles. The second kappa shape index (κ2) is 9.54. The molecule has 2 heterocycles. The Hall–Kier alpha value is -3.50. The van der Waals surface area contributed by atoms with Gasteiger partial charge >= 0.3 is 0 Å². The highest BCUT2D eigenvalue weighted by atomic mass is 32.2. The van der Waals surface area contributed by atoms with Gasteiger partial charge in [0.25, 0.3) is 11.8 Å². The van der Waals surface area contributed by atoms with E-state index in [9.17, 15) is 14.9 Å². The molecule has 7 heteroatoms. The number of furan rings is 1. The van der Waals surface area contributed by atoms with Crippen LogP contribution in [0.3, 0.4) is 0 Å². The fourth-order valence-electron chi connectivity index (χ4n) is 3.57. The number of piperidine rings is 1. The fraction of sp³-hybridized carbons (Fsp3) is 0.208. The lowest BCUT2D eigenvalue weighted by Gasteiger charge is -2.32. The molecule has 0 atom stereocenters. The minimum atomic E-state index is -0.142. The van der Waals surface area contributed by atoms with Crippen molar-refractivity contribution >= 4 is 23.6 Å². The number of nitriles is 1. The molecular weight excluding hydrogens is 410 g/mol. The Labute approximate surface area is 184 Å². The summed E-state index contributed by atoms with van der Waals surface area (Å²) >= 11 is 1.41. The minimum Gasteiger partial charge on any atom is -0.472 e. The van der Waals surface area contributed by atoms with Gasteiger partial charge in [0.1, 0.15) is 12.3 Å². The van der Waals surface area contributed by atoms with Crippen molar-refractivity contribution in [3.63, 3.8) is 0 Å². The number of nitrogens with zero attached hydrogens (tertiary/aromatic N) is 2. The number of nitrogens with one attached hydrogen (secondary N) is 1. The van der Waals surface area contributed by atoms with Gasteiger partial charge < -0.3 is 14.6 Å². The van der Waals surface area contributed by atoms with Gasteiger partial charge in [-0.15, -0.1) is 0 Å². The molecule has 6 nitrogen and oxygen atoms in total. The molecule has 0 radical (unpaired) electrons. The standard InChI is InChI=1S/C24H21N3O3S/c25-15-17-5-1-3-7-21(17)31-22-8-4-2-6-20(22)23(28)26-19-9-12-27(13-10-19)24(29)18-11-14-30-16-18/h1-8,11,14,16,19H,9-10,12-13H2,(H,26,28). The van der Waals surface area contributed by atoms with Gasteiger partial charge in [0.05, 0.1) is 23.0 Å². The number of hydrogen-bond donors (Lipinski definition) is 1. The van der Waals surface area contributed by atoms with Gasteiger partial charge in [0, 0.05) is 28.9 Å². The van der Waals surface area contributed by atoms with Crippen LogP contribution < -0.4 is 5.32 Å². The van der Waals surface area contributed by atoms with Gasteiger partial charge in [-0.1, -0.05) is 36.0 Å². The summed E-state index contributed by atoms with van der Waals surface area (Å²) in [4.78, 5) is 28.8. The number of hydrogen-bond acceptors (Lipinski definition) is 5. The average molecular weight is 432 g/mol. The van der Waals surface area contributed by atoms with Crippen LogP contribution in [0, 0.1) is 11.3 Å². The van der Waals surface area contributed by atoms with Gasteiger partial charge in [-0.3, -0.25) is 9.59 Å². The van der Waals surface area contributed by atoms with E-state index in [-0.39, 0.29) is 17.9 Å². The van der Waals surface area contributed by atoms with Crippen LogP contribution in [0.15, 0.2) is 81.3 Å². The number of carbonyl (C=O) groups excluding carboxylic acids is 2. The Kier molecular flexibility index (Phi) is 6.39. The summed E-state index contributed by atoms with van der Waals surface area (Å²) in [6, 6.07) is 18.6. The lowest BCUT2D eigenvalue weighted by molar-refractivity contribution is 0.0697. The Balaban J connectivity index is 1.40. The van der Waals surface area contributed by atoms with Crippen LogP contribution in [0.4, 0.5) is 0 Å². The van der Waals surface area contributed by atoms with Gasteiger partial charge in [0.15, 0.2) is 0 Å². The van der Waals surface area contributed by atoms with Gasteiger partial charge in [0.2, 0.25) is 0 Å². The summed E-state index contributed by atoms with van der Waals surface area (Å²) in [5, 5.41) is 12.4. The molecule has 1 aliphatic heterocycles. The molecule has 0 aliphatic carbocycles. The van der Waals surface area contributed by atoms with E-state index in [2.05, 4.69) is 11.4 Å².